The van der Waals surface area contributed by atoms with Crippen LogP contribution in [-0.2, 0) is 4.79 Å². The topological polar surface area (TPSA) is 79.7 Å². The molecule has 3 aromatic rings. The molecule has 0 bridgehead atoms. The number of ether oxygens (including phenoxy) is 1. The van der Waals surface area contributed by atoms with Gasteiger partial charge in [-0.25, -0.2) is 4.39 Å². The van der Waals surface area contributed by atoms with Gasteiger partial charge in [0, 0.05) is 54.2 Å². The van der Waals surface area contributed by atoms with E-state index in [-0.39, 0.29) is 29.9 Å². The number of likely N-dealkylation sites (tertiary alicyclic amines) is 1. The van der Waals surface area contributed by atoms with Gasteiger partial charge in [-0.1, -0.05) is 0 Å². The fraction of sp³-hybridized carbons (Fsp3) is 0.423. The molecule has 0 saturated carbocycles. The average molecular weight is 517 g/mol. The average Bonchev–Trinajstić information content (AvgIpc) is 3.27. The van der Waals surface area contributed by atoms with E-state index in [0.29, 0.717) is 30.7 Å². The van der Waals surface area contributed by atoms with Crippen LogP contribution in [-0.4, -0.2) is 59.2 Å². The first-order valence-electron chi connectivity index (χ1n) is 11.7. The zero-order valence-electron chi connectivity index (χ0n) is 19.6. The molecule has 1 aliphatic heterocycles. The molecule has 1 aromatic carbocycles. The standard InChI is InChI=1S/C26H29FN2O4S2/c1-33-20-3-4-23-22(14-20)21(6-8-28-23)24(30)5-2-17-7-9-29(15-18(17)12-25(31)32)10-11-34-26-13-19(27)16-35-26/h3-4,6,8,13-14,16-18H,2,5,7,9-12,15H2,1H3,(H,31,32). The Morgan fingerprint density at radius 2 is 2.14 bits per heavy atom. The molecule has 1 saturated heterocycles. The van der Waals surface area contributed by atoms with Gasteiger partial charge in [0.05, 0.1) is 16.8 Å². The van der Waals surface area contributed by atoms with E-state index in [1.165, 1.54) is 16.7 Å². The second-order valence-electron chi connectivity index (χ2n) is 8.84. The first kappa shape index (κ1) is 25.6. The van der Waals surface area contributed by atoms with Gasteiger partial charge in [0.1, 0.15) is 11.6 Å². The molecule has 2 atom stereocenters. The van der Waals surface area contributed by atoms with Gasteiger partial charge in [0.25, 0.3) is 0 Å². The van der Waals surface area contributed by atoms with Crippen molar-refractivity contribution in [3.05, 3.63) is 53.3 Å². The number of carboxylic acids is 1. The number of carbonyl (C=O) groups is 2. The number of ketones is 1. The number of thiophene rings is 1. The molecule has 0 radical (unpaired) electrons. The molecule has 35 heavy (non-hydrogen) atoms. The number of methoxy groups -OCH3 is 1. The van der Waals surface area contributed by atoms with Crippen LogP contribution in [0.5, 0.6) is 5.75 Å². The van der Waals surface area contributed by atoms with E-state index in [4.69, 9.17) is 4.74 Å². The van der Waals surface area contributed by atoms with Crippen molar-refractivity contribution in [2.75, 3.05) is 32.5 Å². The van der Waals surface area contributed by atoms with E-state index in [1.807, 2.05) is 18.2 Å². The number of carboxylic acid groups (broad SMARTS) is 1. The molecule has 9 heteroatoms. The number of piperidine rings is 1. The highest BCUT2D eigenvalue weighted by Gasteiger charge is 2.31. The Kier molecular flexibility index (Phi) is 8.75. The summed E-state index contributed by atoms with van der Waals surface area (Å²) in [7, 11) is 1.59. The van der Waals surface area contributed by atoms with E-state index in [0.717, 1.165) is 40.4 Å². The molecule has 2 aromatic heterocycles. The summed E-state index contributed by atoms with van der Waals surface area (Å²) in [6.07, 6.45) is 3.66. The molecular weight excluding hydrogens is 487 g/mol. The minimum absolute atomic E-state index is 0.00695. The monoisotopic (exact) mass is 516 g/mol. The molecule has 4 rings (SSSR count). The number of hydrogen-bond donors (Lipinski definition) is 1. The summed E-state index contributed by atoms with van der Waals surface area (Å²) >= 11 is 3.03. The lowest BCUT2D eigenvalue weighted by atomic mass is 9.79. The summed E-state index contributed by atoms with van der Waals surface area (Å²) in [5, 5.41) is 11.8. The molecule has 0 amide bonds. The number of hydrogen-bond acceptors (Lipinski definition) is 7. The Labute approximate surface area is 212 Å². The third kappa shape index (κ3) is 6.80. The highest BCUT2D eigenvalue weighted by molar-refractivity contribution is 8.01. The third-order valence-electron chi connectivity index (χ3n) is 6.60. The molecule has 6 nitrogen and oxygen atoms in total. The largest absolute Gasteiger partial charge is 0.497 e. The summed E-state index contributed by atoms with van der Waals surface area (Å²) in [4.78, 5) is 31.3. The molecule has 2 unspecified atom stereocenters. The van der Waals surface area contributed by atoms with Gasteiger partial charge in [-0.2, -0.15) is 0 Å². The highest BCUT2D eigenvalue weighted by Crippen LogP contribution is 2.32. The van der Waals surface area contributed by atoms with Gasteiger partial charge < -0.3 is 14.7 Å². The summed E-state index contributed by atoms with van der Waals surface area (Å²) in [6.45, 7) is 2.42. The number of carbonyl (C=O) groups excluding carboxylic acids is 1. The summed E-state index contributed by atoms with van der Waals surface area (Å²) in [5.41, 5.74) is 1.38. The summed E-state index contributed by atoms with van der Waals surface area (Å²) in [5.74, 6) is 0.747. The number of aromatic nitrogens is 1. The van der Waals surface area contributed by atoms with Crippen LogP contribution in [0.1, 0.15) is 36.0 Å². The SMILES string of the molecule is COc1ccc2nccc(C(=O)CCC3CCN(CCSc4cc(F)cs4)CC3CC(=O)O)c2c1. The van der Waals surface area contributed by atoms with Crippen molar-refractivity contribution in [2.24, 2.45) is 11.8 Å². The third-order valence-corrected chi connectivity index (χ3v) is 8.72. The van der Waals surface area contributed by atoms with Crippen molar-refractivity contribution >= 4 is 45.8 Å². The first-order valence-corrected chi connectivity index (χ1v) is 13.6. The number of nitrogens with zero attached hydrogens (tertiary/aromatic N) is 2. The number of Topliss-reactive ketones (excluding diaryl/α,β-unsaturated/α-hetero) is 1. The maximum absolute atomic E-state index is 13.2. The second kappa shape index (κ2) is 12.0. The van der Waals surface area contributed by atoms with Crippen molar-refractivity contribution in [2.45, 2.75) is 29.9 Å². The minimum atomic E-state index is -0.802. The number of pyridine rings is 1. The van der Waals surface area contributed by atoms with Crippen LogP contribution < -0.4 is 4.74 Å². The maximum atomic E-state index is 13.2. The fourth-order valence-electron chi connectivity index (χ4n) is 4.79. The maximum Gasteiger partial charge on any atom is 0.303 e. The quantitative estimate of drug-likeness (QED) is 0.262. The number of thioether (sulfide) groups is 1. The van der Waals surface area contributed by atoms with Crippen LogP contribution >= 0.6 is 23.1 Å². The molecule has 1 fully saturated rings. The number of aliphatic carboxylic acids is 1. The molecule has 186 valence electrons. The van der Waals surface area contributed by atoms with Gasteiger partial charge in [-0.3, -0.25) is 14.6 Å². The Hall–Kier alpha value is -2.49. The first-order chi connectivity index (χ1) is 16.9. The van der Waals surface area contributed by atoms with Crippen molar-refractivity contribution in [3.8, 4) is 5.75 Å². The van der Waals surface area contributed by atoms with Gasteiger partial charge in [0.15, 0.2) is 5.78 Å². The molecular formula is C26H29FN2O4S2. The molecule has 0 spiro atoms. The van der Waals surface area contributed by atoms with Crippen molar-refractivity contribution in [1.29, 1.82) is 0 Å². The Morgan fingerprint density at radius 3 is 2.89 bits per heavy atom. The van der Waals surface area contributed by atoms with Crippen LogP contribution in [0.2, 0.25) is 0 Å². The molecule has 1 aliphatic rings. The van der Waals surface area contributed by atoms with Crippen molar-refractivity contribution in [1.82, 2.24) is 9.88 Å². The lowest BCUT2D eigenvalue weighted by molar-refractivity contribution is -0.139. The van der Waals surface area contributed by atoms with Crippen molar-refractivity contribution in [3.63, 3.8) is 0 Å². The lowest BCUT2D eigenvalue weighted by Crippen LogP contribution is -2.42. The summed E-state index contributed by atoms with van der Waals surface area (Å²) in [6, 6.07) is 8.80. The van der Waals surface area contributed by atoms with Crippen LogP contribution in [0.15, 0.2) is 46.1 Å². The lowest BCUT2D eigenvalue weighted by Gasteiger charge is -2.38. The van der Waals surface area contributed by atoms with Gasteiger partial charge >= 0.3 is 5.97 Å². The van der Waals surface area contributed by atoms with Crippen LogP contribution in [0.4, 0.5) is 4.39 Å². The molecule has 0 aliphatic carbocycles. The Bertz CT molecular complexity index is 1190. The zero-order chi connectivity index (χ0) is 24.8. The van der Waals surface area contributed by atoms with Crippen LogP contribution in [0.3, 0.4) is 0 Å². The second-order valence-corrected chi connectivity index (χ2v) is 11.1. The van der Waals surface area contributed by atoms with Gasteiger partial charge in [-0.05, 0) is 61.6 Å². The molecule has 1 N–H and O–H groups in total. The van der Waals surface area contributed by atoms with E-state index in [1.54, 1.807) is 37.2 Å². The van der Waals surface area contributed by atoms with E-state index < -0.39 is 5.97 Å². The van der Waals surface area contributed by atoms with Crippen LogP contribution in [0, 0.1) is 17.7 Å². The van der Waals surface area contributed by atoms with Crippen molar-refractivity contribution < 1.29 is 23.8 Å². The number of rotatable bonds is 11. The predicted octanol–water partition coefficient (Wildman–Crippen LogP) is 5.61. The Balaban J connectivity index is 1.35. The fourth-order valence-corrected chi connectivity index (χ4v) is 6.68. The van der Waals surface area contributed by atoms with Gasteiger partial charge in [0.2, 0.25) is 0 Å². The number of halogens is 1. The number of fused-ring (bicyclic) bond motifs is 1. The highest BCUT2D eigenvalue weighted by atomic mass is 32.2. The predicted molar refractivity (Wildman–Crippen MR) is 137 cm³/mol. The smallest absolute Gasteiger partial charge is 0.303 e. The minimum Gasteiger partial charge on any atom is -0.497 e. The normalized spacial score (nSPS) is 18.6. The van der Waals surface area contributed by atoms with E-state index in [2.05, 4.69) is 9.88 Å². The van der Waals surface area contributed by atoms with E-state index in [9.17, 15) is 19.1 Å². The number of benzene rings is 1. The van der Waals surface area contributed by atoms with E-state index >= 15 is 0 Å². The van der Waals surface area contributed by atoms with Gasteiger partial charge in [-0.15, -0.1) is 23.1 Å². The Morgan fingerprint density at radius 1 is 1.29 bits per heavy atom. The molecule has 3 heterocycles. The van der Waals surface area contributed by atoms with Crippen LogP contribution in [0.25, 0.3) is 10.9 Å². The zero-order valence-corrected chi connectivity index (χ0v) is 21.2. The summed E-state index contributed by atoms with van der Waals surface area (Å²) < 4.78 is 19.4.